The first-order valence-electron chi connectivity index (χ1n) is 9.77. The van der Waals surface area contributed by atoms with Crippen molar-refractivity contribution >= 4 is 17.8 Å². The number of esters is 1. The van der Waals surface area contributed by atoms with Crippen molar-refractivity contribution < 1.29 is 23.5 Å². The molecule has 0 bridgehead atoms. The highest BCUT2D eigenvalue weighted by Crippen LogP contribution is 2.42. The van der Waals surface area contributed by atoms with E-state index in [1.165, 1.54) is 18.2 Å². The van der Waals surface area contributed by atoms with Crippen LogP contribution in [-0.4, -0.2) is 42.9 Å². The van der Waals surface area contributed by atoms with Gasteiger partial charge in [-0.3, -0.25) is 14.4 Å². The summed E-state index contributed by atoms with van der Waals surface area (Å²) < 4.78 is 10.5. The molecule has 0 aliphatic heterocycles. The Kier molecular flexibility index (Phi) is 6.69. The molecule has 0 atom stereocenters. The highest BCUT2D eigenvalue weighted by Gasteiger charge is 2.44. The van der Waals surface area contributed by atoms with Crippen LogP contribution in [0, 0.1) is 0 Å². The van der Waals surface area contributed by atoms with Crippen LogP contribution in [0.25, 0.3) is 0 Å². The quantitative estimate of drug-likeness (QED) is 0.690. The van der Waals surface area contributed by atoms with Gasteiger partial charge in [0.15, 0.2) is 6.61 Å². The second-order valence-electron chi connectivity index (χ2n) is 7.34. The van der Waals surface area contributed by atoms with Crippen LogP contribution >= 0.6 is 0 Å². The zero-order chi connectivity index (χ0) is 20.7. The van der Waals surface area contributed by atoms with E-state index in [1.54, 1.807) is 12.1 Å². The minimum atomic E-state index is -0.680. The van der Waals surface area contributed by atoms with Gasteiger partial charge in [0.25, 0.3) is 5.91 Å². The number of rotatable bonds is 8. The first-order valence-corrected chi connectivity index (χ1v) is 9.77. The maximum atomic E-state index is 12.9. The number of hydrogen-bond donors (Lipinski definition) is 1. The predicted molar refractivity (Wildman–Crippen MR) is 106 cm³/mol. The molecule has 1 aliphatic carbocycles. The maximum absolute atomic E-state index is 12.9. The van der Waals surface area contributed by atoms with Crippen LogP contribution in [0.5, 0.6) is 0 Å². The van der Waals surface area contributed by atoms with E-state index in [0.717, 1.165) is 31.2 Å². The van der Waals surface area contributed by atoms with E-state index in [4.69, 9.17) is 9.15 Å². The summed E-state index contributed by atoms with van der Waals surface area (Å²) in [6, 6.07) is 13.1. The zero-order valence-electron chi connectivity index (χ0n) is 16.6. The standard InChI is InChI=1S/C22H26N2O5/c1-24(15-19(25)23-14-18-10-7-13-28-18)20(26)16-29-21(27)22(11-5-6-12-22)17-8-3-2-4-9-17/h2-4,7-10,13H,5-6,11-12,14-16H2,1H3,(H,23,25). The van der Waals surface area contributed by atoms with Crippen LogP contribution in [-0.2, 0) is 31.1 Å². The molecule has 1 saturated carbocycles. The van der Waals surface area contributed by atoms with Gasteiger partial charge in [-0.2, -0.15) is 0 Å². The molecule has 1 heterocycles. The minimum absolute atomic E-state index is 0.124. The van der Waals surface area contributed by atoms with Gasteiger partial charge in [0, 0.05) is 7.05 Å². The van der Waals surface area contributed by atoms with Gasteiger partial charge in [-0.1, -0.05) is 43.2 Å². The van der Waals surface area contributed by atoms with Gasteiger partial charge in [-0.05, 0) is 30.5 Å². The number of carbonyl (C=O) groups is 3. The van der Waals surface area contributed by atoms with Crippen molar-refractivity contribution in [3.63, 3.8) is 0 Å². The third-order valence-corrected chi connectivity index (χ3v) is 5.35. The number of furan rings is 1. The summed E-state index contributed by atoms with van der Waals surface area (Å²) in [5.41, 5.74) is 0.251. The Morgan fingerprint density at radius 3 is 2.48 bits per heavy atom. The van der Waals surface area contributed by atoms with E-state index in [-0.39, 0.29) is 31.6 Å². The fraction of sp³-hybridized carbons (Fsp3) is 0.409. The molecular weight excluding hydrogens is 372 g/mol. The number of benzene rings is 1. The molecular formula is C22H26N2O5. The number of likely N-dealkylation sites (N-methyl/N-ethyl adjacent to an activating group) is 1. The average Bonchev–Trinajstić information content (AvgIpc) is 3.43. The molecule has 1 N–H and O–H groups in total. The molecule has 0 saturated heterocycles. The largest absolute Gasteiger partial charge is 0.467 e. The highest BCUT2D eigenvalue weighted by atomic mass is 16.5. The zero-order valence-corrected chi connectivity index (χ0v) is 16.6. The van der Waals surface area contributed by atoms with Crippen LogP contribution in [0.15, 0.2) is 53.1 Å². The Hall–Kier alpha value is -3.09. The van der Waals surface area contributed by atoms with Gasteiger partial charge >= 0.3 is 5.97 Å². The average molecular weight is 398 g/mol. The molecule has 0 radical (unpaired) electrons. The Balaban J connectivity index is 1.49. The van der Waals surface area contributed by atoms with Crippen molar-refractivity contribution in [3.8, 4) is 0 Å². The number of nitrogens with one attached hydrogen (secondary N) is 1. The third-order valence-electron chi connectivity index (χ3n) is 5.35. The van der Waals surface area contributed by atoms with Crippen molar-refractivity contribution in [2.24, 2.45) is 0 Å². The van der Waals surface area contributed by atoms with Crippen LogP contribution in [0.2, 0.25) is 0 Å². The summed E-state index contributed by atoms with van der Waals surface area (Å²) in [5.74, 6) is -0.484. The Labute approximate surface area is 170 Å². The first kappa shape index (κ1) is 20.6. The van der Waals surface area contributed by atoms with E-state index < -0.39 is 11.3 Å². The van der Waals surface area contributed by atoms with Crippen LogP contribution < -0.4 is 5.32 Å². The number of ether oxygens (including phenoxy) is 1. The molecule has 1 aromatic carbocycles. The van der Waals surface area contributed by atoms with E-state index >= 15 is 0 Å². The monoisotopic (exact) mass is 398 g/mol. The number of hydrogen-bond acceptors (Lipinski definition) is 5. The lowest BCUT2D eigenvalue weighted by atomic mass is 9.79. The summed E-state index contributed by atoms with van der Waals surface area (Å²) in [7, 11) is 1.51. The summed E-state index contributed by atoms with van der Waals surface area (Å²) in [6.45, 7) is -0.251. The van der Waals surface area contributed by atoms with Crippen molar-refractivity contribution in [3.05, 3.63) is 60.1 Å². The second kappa shape index (κ2) is 9.41. The summed E-state index contributed by atoms with van der Waals surface area (Å²) in [5, 5.41) is 2.67. The lowest BCUT2D eigenvalue weighted by molar-refractivity contribution is -0.157. The first-order chi connectivity index (χ1) is 14.0. The topological polar surface area (TPSA) is 88.8 Å². The molecule has 1 aliphatic rings. The smallest absolute Gasteiger partial charge is 0.317 e. The van der Waals surface area contributed by atoms with Crippen molar-refractivity contribution in [2.45, 2.75) is 37.6 Å². The SMILES string of the molecule is CN(CC(=O)NCc1ccco1)C(=O)COC(=O)C1(c2ccccc2)CCCC1. The molecule has 154 valence electrons. The van der Waals surface area contributed by atoms with Gasteiger partial charge in [-0.25, -0.2) is 0 Å². The molecule has 0 unspecified atom stereocenters. The number of carbonyl (C=O) groups excluding carboxylic acids is 3. The molecule has 0 spiro atoms. The molecule has 3 rings (SSSR count). The molecule has 1 fully saturated rings. The highest BCUT2D eigenvalue weighted by molar-refractivity contribution is 5.88. The normalized spacial score (nSPS) is 14.9. The van der Waals surface area contributed by atoms with E-state index in [0.29, 0.717) is 5.76 Å². The molecule has 2 aromatic rings. The van der Waals surface area contributed by atoms with Gasteiger partial charge in [-0.15, -0.1) is 0 Å². The molecule has 29 heavy (non-hydrogen) atoms. The van der Waals surface area contributed by atoms with E-state index in [1.807, 2.05) is 30.3 Å². The Morgan fingerprint density at radius 1 is 1.10 bits per heavy atom. The number of amides is 2. The molecule has 7 heteroatoms. The second-order valence-corrected chi connectivity index (χ2v) is 7.34. The Bertz CT molecular complexity index is 826. The lowest BCUT2D eigenvalue weighted by Gasteiger charge is -2.27. The van der Waals surface area contributed by atoms with E-state index in [9.17, 15) is 14.4 Å². The summed E-state index contributed by atoms with van der Waals surface area (Å²) in [4.78, 5) is 38.4. The Morgan fingerprint density at radius 2 is 1.83 bits per heavy atom. The number of nitrogens with zero attached hydrogens (tertiary/aromatic N) is 1. The lowest BCUT2D eigenvalue weighted by Crippen LogP contribution is -2.41. The van der Waals surface area contributed by atoms with Gasteiger partial charge in [0.2, 0.25) is 5.91 Å². The van der Waals surface area contributed by atoms with Gasteiger partial charge < -0.3 is 19.4 Å². The van der Waals surface area contributed by atoms with Gasteiger partial charge in [0.05, 0.1) is 24.8 Å². The fourth-order valence-electron chi connectivity index (χ4n) is 3.68. The van der Waals surface area contributed by atoms with Crippen molar-refractivity contribution in [2.75, 3.05) is 20.2 Å². The fourth-order valence-corrected chi connectivity index (χ4v) is 3.68. The van der Waals surface area contributed by atoms with Gasteiger partial charge in [0.1, 0.15) is 5.76 Å². The maximum Gasteiger partial charge on any atom is 0.317 e. The van der Waals surface area contributed by atoms with Crippen LogP contribution in [0.4, 0.5) is 0 Å². The van der Waals surface area contributed by atoms with Crippen LogP contribution in [0.1, 0.15) is 37.0 Å². The summed E-state index contributed by atoms with van der Waals surface area (Å²) in [6.07, 6.45) is 4.86. The molecule has 1 aromatic heterocycles. The van der Waals surface area contributed by atoms with Crippen molar-refractivity contribution in [1.29, 1.82) is 0 Å². The third kappa shape index (κ3) is 5.04. The molecule has 7 nitrogen and oxygen atoms in total. The molecule has 2 amide bonds. The van der Waals surface area contributed by atoms with Crippen molar-refractivity contribution in [1.82, 2.24) is 10.2 Å². The van der Waals surface area contributed by atoms with Crippen LogP contribution in [0.3, 0.4) is 0 Å². The summed E-state index contributed by atoms with van der Waals surface area (Å²) >= 11 is 0. The van der Waals surface area contributed by atoms with E-state index in [2.05, 4.69) is 5.32 Å². The predicted octanol–water partition coefficient (Wildman–Crippen LogP) is 2.41. The minimum Gasteiger partial charge on any atom is -0.467 e.